The molecular weight excluding hydrogens is 188 g/mol. The van der Waals surface area contributed by atoms with E-state index in [4.69, 9.17) is 5.73 Å². The van der Waals surface area contributed by atoms with Gasteiger partial charge in [0, 0.05) is 19.1 Å². The molecule has 1 aliphatic rings. The van der Waals surface area contributed by atoms with Crippen molar-refractivity contribution < 1.29 is 0 Å². The molecule has 1 saturated heterocycles. The Balaban J connectivity index is 2.15. The molecule has 82 valence electrons. The maximum absolute atomic E-state index is 5.49. The highest BCUT2D eigenvalue weighted by Crippen LogP contribution is 2.26. The molecule has 2 atom stereocenters. The molecule has 0 saturated carbocycles. The second-order valence-corrected chi connectivity index (χ2v) is 4.43. The van der Waals surface area contributed by atoms with Gasteiger partial charge in [-0.3, -0.25) is 0 Å². The van der Waals surface area contributed by atoms with Crippen LogP contribution < -0.4 is 10.6 Å². The number of rotatable bonds is 2. The van der Waals surface area contributed by atoms with Crippen molar-refractivity contribution in [2.24, 2.45) is 11.7 Å². The molecule has 2 rings (SSSR count). The molecule has 1 aromatic heterocycles. The van der Waals surface area contributed by atoms with Crippen LogP contribution in [-0.2, 0) is 6.54 Å². The third-order valence-corrected chi connectivity index (χ3v) is 2.99. The van der Waals surface area contributed by atoms with Crippen LogP contribution in [0.4, 0.5) is 5.82 Å². The van der Waals surface area contributed by atoms with Crippen molar-refractivity contribution in [3.63, 3.8) is 0 Å². The normalized spacial score (nSPS) is 25.9. The fourth-order valence-electron chi connectivity index (χ4n) is 2.23. The van der Waals surface area contributed by atoms with Gasteiger partial charge >= 0.3 is 0 Å². The minimum atomic E-state index is 0.458. The van der Waals surface area contributed by atoms with Gasteiger partial charge in [-0.25, -0.2) is 0 Å². The fourth-order valence-corrected chi connectivity index (χ4v) is 2.23. The van der Waals surface area contributed by atoms with E-state index in [1.54, 1.807) is 0 Å². The van der Waals surface area contributed by atoms with Gasteiger partial charge < -0.3 is 10.6 Å². The number of nitrogens with zero attached hydrogens (tertiary/aromatic N) is 3. The molecule has 0 aliphatic carbocycles. The molecule has 2 heterocycles. The van der Waals surface area contributed by atoms with Gasteiger partial charge in [0.05, 0.1) is 5.69 Å². The summed E-state index contributed by atoms with van der Waals surface area (Å²) in [7, 11) is 0. The summed E-state index contributed by atoms with van der Waals surface area (Å²) >= 11 is 0. The Labute approximate surface area is 90.5 Å². The summed E-state index contributed by atoms with van der Waals surface area (Å²) in [5.41, 5.74) is 6.33. The number of hydrogen-bond donors (Lipinski definition) is 1. The van der Waals surface area contributed by atoms with Crippen molar-refractivity contribution in [1.29, 1.82) is 0 Å². The third kappa shape index (κ3) is 2.09. The predicted molar refractivity (Wildman–Crippen MR) is 60.5 cm³/mol. The first-order valence-electron chi connectivity index (χ1n) is 5.50. The summed E-state index contributed by atoms with van der Waals surface area (Å²) in [4.78, 5) is 2.32. The van der Waals surface area contributed by atoms with E-state index in [1.165, 1.54) is 6.42 Å². The van der Waals surface area contributed by atoms with Crippen LogP contribution in [0.5, 0.6) is 0 Å². The standard InChI is InChI=1S/C11H18N4/c1-8-5-9(2)15(7-8)11-4-3-10(6-12)13-14-11/h3-4,8-9H,5-7,12H2,1-2H3. The van der Waals surface area contributed by atoms with Crippen molar-refractivity contribution in [3.05, 3.63) is 17.8 Å². The molecule has 1 aliphatic heterocycles. The van der Waals surface area contributed by atoms with Crippen molar-refractivity contribution >= 4 is 5.82 Å². The zero-order valence-corrected chi connectivity index (χ0v) is 9.35. The van der Waals surface area contributed by atoms with E-state index in [2.05, 4.69) is 28.9 Å². The van der Waals surface area contributed by atoms with Crippen LogP contribution in [0, 0.1) is 5.92 Å². The highest BCUT2D eigenvalue weighted by Gasteiger charge is 2.27. The predicted octanol–water partition coefficient (Wildman–Crippen LogP) is 1.17. The number of aromatic nitrogens is 2. The Morgan fingerprint density at radius 1 is 1.40 bits per heavy atom. The van der Waals surface area contributed by atoms with E-state index in [0.717, 1.165) is 24.0 Å². The third-order valence-electron chi connectivity index (χ3n) is 2.99. The van der Waals surface area contributed by atoms with Gasteiger partial charge in [0.1, 0.15) is 0 Å². The molecule has 2 unspecified atom stereocenters. The average Bonchev–Trinajstić information content (AvgIpc) is 2.58. The molecular formula is C11H18N4. The van der Waals surface area contributed by atoms with Crippen LogP contribution in [0.2, 0.25) is 0 Å². The molecule has 0 aromatic carbocycles. The second-order valence-electron chi connectivity index (χ2n) is 4.43. The Morgan fingerprint density at radius 3 is 2.67 bits per heavy atom. The van der Waals surface area contributed by atoms with E-state index in [-0.39, 0.29) is 0 Å². The minimum absolute atomic E-state index is 0.458. The van der Waals surface area contributed by atoms with Crippen LogP contribution in [0.1, 0.15) is 26.0 Å². The topological polar surface area (TPSA) is 55.0 Å². The molecule has 0 bridgehead atoms. The van der Waals surface area contributed by atoms with Gasteiger partial charge in [0.25, 0.3) is 0 Å². The Bertz CT molecular complexity index is 322. The van der Waals surface area contributed by atoms with Crippen LogP contribution in [0.3, 0.4) is 0 Å². The summed E-state index contributed by atoms with van der Waals surface area (Å²) in [6.07, 6.45) is 1.24. The summed E-state index contributed by atoms with van der Waals surface area (Å²) in [6.45, 7) is 6.05. The molecule has 0 spiro atoms. The highest BCUT2D eigenvalue weighted by atomic mass is 15.3. The highest BCUT2D eigenvalue weighted by molar-refractivity contribution is 5.40. The monoisotopic (exact) mass is 206 g/mol. The molecule has 1 fully saturated rings. The molecule has 2 N–H and O–H groups in total. The van der Waals surface area contributed by atoms with Crippen molar-refractivity contribution in [2.75, 3.05) is 11.4 Å². The number of hydrogen-bond acceptors (Lipinski definition) is 4. The van der Waals surface area contributed by atoms with Crippen LogP contribution in [0.25, 0.3) is 0 Å². The van der Waals surface area contributed by atoms with Gasteiger partial charge in [-0.15, -0.1) is 5.10 Å². The first-order chi connectivity index (χ1) is 7.20. The Hall–Kier alpha value is -1.16. The fraction of sp³-hybridized carbons (Fsp3) is 0.636. The lowest BCUT2D eigenvalue weighted by Crippen LogP contribution is -2.27. The lowest BCUT2D eigenvalue weighted by molar-refractivity contribution is 0.625. The van der Waals surface area contributed by atoms with Gasteiger partial charge in [0.2, 0.25) is 0 Å². The molecule has 0 radical (unpaired) electrons. The Morgan fingerprint density at radius 2 is 2.20 bits per heavy atom. The van der Waals surface area contributed by atoms with Crippen LogP contribution in [-0.4, -0.2) is 22.8 Å². The molecule has 1 aromatic rings. The maximum atomic E-state index is 5.49. The number of nitrogens with two attached hydrogens (primary N) is 1. The van der Waals surface area contributed by atoms with E-state index < -0.39 is 0 Å². The van der Waals surface area contributed by atoms with E-state index >= 15 is 0 Å². The lowest BCUT2D eigenvalue weighted by atomic mass is 10.1. The number of anilines is 1. The zero-order valence-electron chi connectivity index (χ0n) is 9.35. The first-order valence-corrected chi connectivity index (χ1v) is 5.50. The van der Waals surface area contributed by atoms with Crippen molar-refractivity contribution in [3.8, 4) is 0 Å². The summed E-state index contributed by atoms with van der Waals surface area (Å²) in [6, 6.07) is 4.54. The van der Waals surface area contributed by atoms with Crippen LogP contribution in [0.15, 0.2) is 12.1 Å². The van der Waals surface area contributed by atoms with Gasteiger partial charge in [0.15, 0.2) is 5.82 Å². The van der Waals surface area contributed by atoms with Gasteiger partial charge in [-0.2, -0.15) is 5.10 Å². The lowest BCUT2D eigenvalue weighted by Gasteiger charge is -2.21. The SMILES string of the molecule is CC1CC(C)N(c2ccc(CN)nn2)C1. The van der Waals surface area contributed by atoms with E-state index in [9.17, 15) is 0 Å². The molecule has 4 nitrogen and oxygen atoms in total. The van der Waals surface area contributed by atoms with E-state index in [0.29, 0.717) is 12.6 Å². The van der Waals surface area contributed by atoms with Crippen LogP contribution >= 0.6 is 0 Å². The quantitative estimate of drug-likeness (QED) is 0.789. The minimum Gasteiger partial charge on any atom is -0.352 e. The average molecular weight is 206 g/mol. The van der Waals surface area contributed by atoms with E-state index in [1.807, 2.05) is 12.1 Å². The summed E-state index contributed by atoms with van der Waals surface area (Å²) in [5.74, 6) is 1.72. The maximum Gasteiger partial charge on any atom is 0.151 e. The van der Waals surface area contributed by atoms with Crippen molar-refractivity contribution in [1.82, 2.24) is 10.2 Å². The second kappa shape index (κ2) is 4.14. The van der Waals surface area contributed by atoms with Crippen molar-refractivity contribution in [2.45, 2.75) is 32.9 Å². The smallest absolute Gasteiger partial charge is 0.151 e. The van der Waals surface area contributed by atoms with Gasteiger partial charge in [-0.1, -0.05) is 6.92 Å². The summed E-state index contributed by atoms with van der Waals surface area (Å²) < 4.78 is 0. The van der Waals surface area contributed by atoms with Gasteiger partial charge in [-0.05, 0) is 31.4 Å². The summed E-state index contributed by atoms with van der Waals surface area (Å²) in [5, 5.41) is 8.30. The Kier molecular flexibility index (Phi) is 2.86. The zero-order chi connectivity index (χ0) is 10.8. The molecule has 15 heavy (non-hydrogen) atoms. The largest absolute Gasteiger partial charge is 0.352 e. The molecule has 0 amide bonds. The first kappa shape index (κ1) is 10.4. The molecule has 4 heteroatoms.